The molecule has 1 aliphatic heterocycles. The van der Waals surface area contributed by atoms with E-state index in [-0.39, 0.29) is 11.5 Å². The lowest BCUT2D eigenvalue weighted by Crippen LogP contribution is -1.95. The molecule has 0 radical (unpaired) electrons. The molecule has 0 spiro atoms. The van der Waals surface area contributed by atoms with Crippen LogP contribution in [0.5, 0.6) is 11.5 Å². The third kappa shape index (κ3) is 2.78. The molecule has 5 heteroatoms. The SMILES string of the molecule is CCOc1cc(C=C2Sc3ccccc3C2=O)cc(Br)c1O. The molecule has 0 bridgehead atoms. The van der Waals surface area contributed by atoms with Crippen molar-refractivity contribution in [3.05, 3.63) is 56.9 Å². The number of Topliss-reactive ketones (excluding diaryl/α,β-unsaturated/α-hetero) is 1. The van der Waals surface area contributed by atoms with Crippen molar-refractivity contribution in [3.63, 3.8) is 0 Å². The van der Waals surface area contributed by atoms with E-state index in [0.717, 1.165) is 16.0 Å². The summed E-state index contributed by atoms with van der Waals surface area (Å²) in [6, 6.07) is 11.1. The first-order valence-electron chi connectivity index (χ1n) is 6.78. The zero-order valence-corrected chi connectivity index (χ0v) is 14.2. The van der Waals surface area contributed by atoms with Crippen LogP contribution in [0.25, 0.3) is 6.08 Å². The lowest BCUT2D eigenvalue weighted by molar-refractivity contribution is 0.104. The zero-order chi connectivity index (χ0) is 15.7. The van der Waals surface area contributed by atoms with Crippen molar-refractivity contribution in [2.45, 2.75) is 11.8 Å². The van der Waals surface area contributed by atoms with Crippen molar-refractivity contribution >= 4 is 39.6 Å². The van der Waals surface area contributed by atoms with Crippen LogP contribution in [0.3, 0.4) is 0 Å². The van der Waals surface area contributed by atoms with Crippen LogP contribution in [0.4, 0.5) is 0 Å². The van der Waals surface area contributed by atoms with E-state index in [9.17, 15) is 9.90 Å². The number of aromatic hydroxyl groups is 1. The molecule has 0 fully saturated rings. The van der Waals surface area contributed by atoms with Gasteiger partial charge in [-0.05, 0) is 58.8 Å². The molecule has 2 aromatic carbocycles. The minimum atomic E-state index is 0.0303. The number of benzene rings is 2. The summed E-state index contributed by atoms with van der Waals surface area (Å²) in [4.78, 5) is 14.0. The highest BCUT2D eigenvalue weighted by molar-refractivity contribution is 9.10. The highest BCUT2D eigenvalue weighted by Crippen LogP contribution is 2.42. The molecule has 0 saturated heterocycles. The number of halogens is 1. The third-order valence-corrected chi connectivity index (χ3v) is 4.93. The van der Waals surface area contributed by atoms with Crippen molar-refractivity contribution in [1.82, 2.24) is 0 Å². The summed E-state index contributed by atoms with van der Waals surface area (Å²) >= 11 is 4.77. The number of hydrogen-bond acceptors (Lipinski definition) is 4. The normalized spacial score (nSPS) is 15.2. The molecule has 0 unspecified atom stereocenters. The van der Waals surface area contributed by atoms with Crippen LogP contribution in [-0.4, -0.2) is 17.5 Å². The Hall–Kier alpha value is -1.72. The van der Waals surface area contributed by atoms with Gasteiger partial charge in [0.05, 0.1) is 16.0 Å². The third-order valence-electron chi connectivity index (χ3n) is 3.22. The average molecular weight is 377 g/mol. The minimum absolute atomic E-state index is 0.0303. The predicted molar refractivity (Wildman–Crippen MR) is 91.6 cm³/mol. The second-order valence-electron chi connectivity index (χ2n) is 4.72. The Labute approximate surface area is 141 Å². The van der Waals surface area contributed by atoms with Crippen LogP contribution >= 0.6 is 27.7 Å². The molecule has 1 aliphatic rings. The highest BCUT2D eigenvalue weighted by atomic mass is 79.9. The Kier molecular flexibility index (Phi) is 4.27. The summed E-state index contributed by atoms with van der Waals surface area (Å²) in [7, 11) is 0. The van der Waals surface area contributed by atoms with Crippen LogP contribution in [0.15, 0.2) is 50.7 Å². The fourth-order valence-electron chi connectivity index (χ4n) is 2.23. The molecule has 0 aromatic heterocycles. The molecule has 1 heterocycles. The fourth-order valence-corrected chi connectivity index (χ4v) is 3.74. The molecule has 0 saturated carbocycles. The number of fused-ring (bicyclic) bond motifs is 1. The van der Waals surface area contributed by atoms with Crippen LogP contribution in [0.1, 0.15) is 22.8 Å². The zero-order valence-electron chi connectivity index (χ0n) is 11.8. The van der Waals surface area contributed by atoms with Gasteiger partial charge in [-0.2, -0.15) is 0 Å². The Morgan fingerprint density at radius 1 is 1.32 bits per heavy atom. The number of thioether (sulfide) groups is 1. The lowest BCUT2D eigenvalue weighted by atomic mass is 10.1. The van der Waals surface area contributed by atoms with Gasteiger partial charge in [0.2, 0.25) is 5.78 Å². The van der Waals surface area contributed by atoms with Gasteiger partial charge in [-0.3, -0.25) is 4.79 Å². The molecule has 1 N–H and O–H groups in total. The van der Waals surface area contributed by atoms with Gasteiger partial charge in [-0.15, -0.1) is 0 Å². The maximum atomic E-state index is 12.4. The van der Waals surface area contributed by atoms with Crippen LogP contribution in [0, 0.1) is 0 Å². The standard InChI is InChI=1S/C17H13BrO3S/c1-2-21-13-8-10(7-12(18)17(13)20)9-15-16(19)11-5-3-4-6-14(11)22-15/h3-9,20H,2H2,1H3. The highest BCUT2D eigenvalue weighted by Gasteiger charge is 2.25. The van der Waals surface area contributed by atoms with E-state index in [1.54, 1.807) is 12.1 Å². The van der Waals surface area contributed by atoms with Crippen molar-refractivity contribution in [2.24, 2.45) is 0 Å². The molecule has 0 amide bonds. The van der Waals surface area contributed by atoms with Gasteiger partial charge in [0.15, 0.2) is 11.5 Å². The average Bonchev–Trinajstić information content (AvgIpc) is 2.81. The summed E-state index contributed by atoms with van der Waals surface area (Å²) in [5.41, 5.74) is 1.54. The summed E-state index contributed by atoms with van der Waals surface area (Å²) in [6.45, 7) is 2.31. The molecule has 3 nitrogen and oxygen atoms in total. The molecule has 0 atom stereocenters. The van der Waals surface area contributed by atoms with E-state index in [4.69, 9.17) is 4.74 Å². The van der Waals surface area contributed by atoms with Gasteiger partial charge in [0.25, 0.3) is 0 Å². The van der Waals surface area contributed by atoms with E-state index in [1.807, 2.05) is 37.3 Å². The maximum absolute atomic E-state index is 12.4. The summed E-state index contributed by atoms with van der Waals surface area (Å²) in [5, 5.41) is 9.94. The van der Waals surface area contributed by atoms with Crippen LogP contribution in [0.2, 0.25) is 0 Å². The Bertz CT molecular complexity index is 783. The molecule has 2 aromatic rings. The number of phenolic OH excluding ortho intramolecular Hbond substituents is 1. The smallest absolute Gasteiger partial charge is 0.200 e. The topological polar surface area (TPSA) is 46.5 Å². The number of ketones is 1. The summed E-state index contributed by atoms with van der Waals surface area (Å²) in [5.74, 6) is 0.497. The van der Waals surface area contributed by atoms with E-state index >= 15 is 0 Å². The number of phenols is 1. The predicted octanol–water partition coefficient (Wildman–Crippen LogP) is 4.88. The van der Waals surface area contributed by atoms with Crippen LogP contribution < -0.4 is 4.74 Å². The van der Waals surface area contributed by atoms with Gasteiger partial charge in [0.1, 0.15) is 0 Å². The van der Waals surface area contributed by atoms with Gasteiger partial charge in [-0.25, -0.2) is 0 Å². The van der Waals surface area contributed by atoms with Gasteiger partial charge >= 0.3 is 0 Å². The monoisotopic (exact) mass is 376 g/mol. The van der Waals surface area contributed by atoms with Gasteiger partial charge in [-0.1, -0.05) is 23.9 Å². The summed E-state index contributed by atoms with van der Waals surface area (Å²) < 4.78 is 5.95. The number of hydrogen-bond donors (Lipinski definition) is 1. The number of carbonyl (C=O) groups excluding carboxylic acids is 1. The number of rotatable bonds is 3. The second-order valence-corrected chi connectivity index (χ2v) is 6.66. The van der Waals surface area contributed by atoms with Crippen molar-refractivity contribution in [3.8, 4) is 11.5 Å². The molecule has 3 rings (SSSR count). The number of ether oxygens (including phenoxy) is 1. The first kappa shape index (κ1) is 15.2. The van der Waals surface area contributed by atoms with E-state index in [2.05, 4.69) is 15.9 Å². The molecule has 112 valence electrons. The first-order valence-corrected chi connectivity index (χ1v) is 8.39. The van der Waals surface area contributed by atoms with Crippen molar-refractivity contribution < 1.29 is 14.6 Å². The Morgan fingerprint density at radius 3 is 2.82 bits per heavy atom. The van der Waals surface area contributed by atoms with Crippen LogP contribution in [-0.2, 0) is 0 Å². The van der Waals surface area contributed by atoms with E-state index < -0.39 is 0 Å². The fraction of sp³-hybridized carbons (Fsp3) is 0.118. The largest absolute Gasteiger partial charge is 0.503 e. The van der Waals surface area contributed by atoms with Gasteiger partial charge in [0, 0.05) is 10.5 Å². The number of carbonyl (C=O) groups is 1. The molecule has 22 heavy (non-hydrogen) atoms. The summed E-state index contributed by atoms with van der Waals surface area (Å²) in [6.07, 6.45) is 1.82. The molecule has 0 aliphatic carbocycles. The Morgan fingerprint density at radius 2 is 2.09 bits per heavy atom. The van der Waals surface area contributed by atoms with E-state index in [1.165, 1.54) is 11.8 Å². The lowest BCUT2D eigenvalue weighted by Gasteiger charge is -2.08. The second kappa shape index (κ2) is 6.18. The minimum Gasteiger partial charge on any atom is -0.503 e. The Balaban J connectivity index is 1.99. The molecular weight excluding hydrogens is 364 g/mol. The maximum Gasteiger partial charge on any atom is 0.200 e. The van der Waals surface area contributed by atoms with Gasteiger partial charge < -0.3 is 9.84 Å². The molecular formula is C17H13BrO3S. The first-order chi connectivity index (χ1) is 10.6. The number of allylic oxidation sites excluding steroid dienone is 1. The van der Waals surface area contributed by atoms with Crippen molar-refractivity contribution in [1.29, 1.82) is 0 Å². The van der Waals surface area contributed by atoms with E-state index in [0.29, 0.717) is 21.7 Å². The van der Waals surface area contributed by atoms with Crippen molar-refractivity contribution in [2.75, 3.05) is 6.61 Å². The quantitative estimate of drug-likeness (QED) is 0.775.